The van der Waals surface area contributed by atoms with Crippen LogP contribution in [0.1, 0.15) is 32.8 Å². The summed E-state index contributed by atoms with van der Waals surface area (Å²) in [5.41, 5.74) is 0.815. The van der Waals surface area contributed by atoms with Crippen molar-refractivity contribution in [2.24, 2.45) is 0 Å². The normalized spacial score (nSPS) is 12.2. The van der Waals surface area contributed by atoms with Crippen LogP contribution in [0, 0.1) is 0 Å². The van der Waals surface area contributed by atoms with Crippen LogP contribution >= 0.6 is 34.8 Å². The standard InChI is InChI=1S/C28H30Cl3N3O4S/c1-4-25(28(36)32-19(2)3)33(17-20-10-12-21(29)13-11-20)27(35)18-34(26-15-14-22(30)16-24(26)31)39(37,38)23-8-6-5-7-9-23/h5-16,19,25H,4,17-18H2,1-3H3,(H,32,36)/t25-/m1/s1. The Kier molecular flexibility index (Phi) is 10.7. The molecule has 0 aliphatic heterocycles. The minimum absolute atomic E-state index is 0.0161. The van der Waals surface area contributed by atoms with Crippen molar-refractivity contribution in [3.63, 3.8) is 0 Å². The Bertz CT molecular complexity index is 1400. The fourth-order valence-electron chi connectivity index (χ4n) is 4.00. The number of rotatable bonds is 11. The molecule has 2 amide bonds. The highest BCUT2D eigenvalue weighted by Gasteiger charge is 2.34. The summed E-state index contributed by atoms with van der Waals surface area (Å²) in [4.78, 5) is 28.5. The van der Waals surface area contributed by atoms with Crippen molar-refractivity contribution in [1.29, 1.82) is 0 Å². The van der Waals surface area contributed by atoms with E-state index in [1.807, 2.05) is 13.8 Å². The lowest BCUT2D eigenvalue weighted by Crippen LogP contribution is -2.53. The van der Waals surface area contributed by atoms with E-state index in [2.05, 4.69) is 5.32 Å². The molecule has 0 spiro atoms. The Morgan fingerprint density at radius 2 is 1.51 bits per heavy atom. The van der Waals surface area contributed by atoms with Gasteiger partial charge in [0, 0.05) is 22.6 Å². The zero-order chi connectivity index (χ0) is 28.7. The molecule has 3 rings (SSSR count). The smallest absolute Gasteiger partial charge is 0.264 e. The third-order valence-electron chi connectivity index (χ3n) is 5.87. The monoisotopic (exact) mass is 609 g/mol. The van der Waals surface area contributed by atoms with Crippen LogP contribution in [0.4, 0.5) is 5.69 Å². The van der Waals surface area contributed by atoms with Crippen molar-refractivity contribution >= 4 is 62.3 Å². The molecule has 7 nitrogen and oxygen atoms in total. The van der Waals surface area contributed by atoms with Crippen LogP contribution in [-0.4, -0.2) is 43.8 Å². The maximum atomic E-state index is 14.0. The van der Waals surface area contributed by atoms with Crippen molar-refractivity contribution in [2.45, 2.75) is 50.7 Å². The van der Waals surface area contributed by atoms with E-state index in [0.717, 1.165) is 9.87 Å². The van der Waals surface area contributed by atoms with Crippen LogP contribution in [0.3, 0.4) is 0 Å². The molecule has 208 valence electrons. The molecule has 0 aliphatic rings. The van der Waals surface area contributed by atoms with E-state index in [1.165, 1.54) is 35.2 Å². The van der Waals surface area contributed by atoms with Gasteiger partial charge in [0.05, 0.1) is 15.6 Å². The molecule has 11 heteroatoms. The molecule has 0 heterocycles. The van der Waals surface area contributed by atoms with E-state index in [-0.39, 0.29) is 34.1 Å². The topological polar surface area (TPSA) is 86.8 Å². The fraction of sp³-hybridized carbons (Fsp3) is 0.286. The van der Waals surface area contributed by atoms with Gasteiger partial charge < -0.3 is 10.2 Å². The number of amides is 2. The molecule has 0 bridgehead atoms. The number of nitrogens with zero attached hydrogens (tertiary/aromatic N) is 2. The van der Waals surface area contributed by atoms with Crippen molar-refractivity contribution in [3.8, 4) is 0 Å². The first kappa shape index (κ1) is 30.8. The van der Waals surface area contributed by atoms with Crippen molar-refractivity contribution in [2.75, 3.05) is 10.8 Å². The van der Waals surface area contributed by atoms with Gasteiger partial charge in [-0.3, -0.25) is 13.9 Å². The molecule has 0 aromatic heterocycles. The van der Waals surface area contributed by atoms with Crippen LogP contribution in [0.2, 0.25) is 15.1 Å². The molecular formula is C28H30Cl3N3O4S. The molecule has 3 aromatic rings. The molecule has 1 N–H and O–H groups in total. The predicted octanol–water partition coefficient (Wildman–Crippen LogP) is 6.17. The third kappa shape index (κ3) is 7.88. The van der Waals surface area contributed by atoms with E-state index < -0.39 is 28.5 Å². The first-order valence-corrected chi connectivity index (χ1v) is 14.9. The Labute approximate surface area is 244 Å². The van der Waals surface area contributed by atoms with Gasteiger partial charge in [-0.1, -0.05) is 72.1 Å². The van der Waals surface area contributed by atoms with E-state index in [9.17, 15) is 18.0 Å². The van der Waals surface area contributed by atoms with Gasteiger partial charge in [-0.25, -0.2) is 8.42 Å². The van der Waals surface area contributed by atoms with Crippen LogP contribution in [0.25, 0.3) is 0 Å². The number of hydrogen-bond acceptors (Lipinski definition) is 4. The highest BCUT2D eigenvalue weighted by atomic mass is 35.5. The second-order valence-electron chi connectivity index (χ2n) is 9.16. The maximum absolute atomic E-state index is 14.0. The Morgan fingerprint density at radius 1 is 0.897 bits per heavy atom. The minimum atomic E-state index is -4.23. The van der Waals surface area contributed by atoms with E-state index in [4.69, 9.17) is 34.8 Å². The molecule has 0 saturated heterocycles. The summed E-state index contributed by atoms with van der Waals surface area (Å²) < 4.78 is 28.6. The van der Waals surface area contributed by atoms with Crippen LogP contribution in [0.15, 0.2) is 77.7 Å². The molecule has 0 fully saturated rings. The Hall–Kier alpha value is -2.78. The number of sulfonamides is 1. The lowest BCUT2D eigenvalue weighted by Gasteiger charge is -2.33. The van der Waals surface area contributed by atoms with E-state index in [0.29, 0.717) is 16.5 Å². The summed E-state index contributed by atoms with van der Waals surface area (Å²) in [5, 5.41) is 3.76. The summed E-state index contributed by atoms with van der Waals surface area (Å²) in [6.07, 6.45) is 0.311. The number of nitrogens with one attached hydrogen (secondary N) is 1. The second kappa shape index (κ2) is 13.5. The average molecular weight is 611 g/mol. The number of hydrogen-bond donors (Lipinski definition) is 1. The van der Waals surface area contributed by atoms with Crippen LogP contribution < -0.4 is 9.62 Å². The van der Waals surface area contributed by atoms with Gasteiger partial charge in [0.2, 0.25) is 11.8 Å². The first-order valence-electron chi connectivity index (χ1n) is 12.3. The molecule has 1 atom stereocenters. The number of anilines is 1. The lowest BCUT2D eigenvalue weighted by molar-refractivity contribution is -0.140. The summed E-state index contributed by atoms with van der Waals surface area (Å²) >= 11 is 18.5. The van der Waals surface area contributed by atoms with Crippen molar-refractivity contribution in [3.05, 3.63) is 93.4 Å². The fourth-order valence-corrected chi connectivity index (χ4v) is 6.14. The highest BCUT2D eigenvalue weighted by Crippen LogP contribution is 2.33. The number of carbonyl (C=O) groups excluding carboxylic acids is 2. The Balaban J connectivity index is 2.08. The van der Waals surface area contributed by atoms with Gasteiger partial charge in [0.15, 0.2) is 0 Å². The van der Waals surface area contributed by atoms with Crippen molar-refractivity contribution in [1.82, 2.24) is 10.2 Å². The van der Waals surface area contributed by atoms with E-state index in [1.54, 1.807) is 49.4 Å². The molecule has 39 heavy (non-hydrogen) atoms. The summed E-state index contributed by atoms with van der Waals surface area (Å²) in [6.45, 7) is 4.91. The molecular weight excluding hydrogens is 581 g/mol. The van der Waals surface area contributed by atoms with Crippen LogP contribution in [0.5, 0.6) is 0 Å². The summed E-state index contributed by atoms with van der Waals surface area (Å²) in [6, 6.07) is 18.0. The van der Waals surface area contributed by atoms with Gasteiger partial charge in [0.25, 0.3) is 10.0 Å². The highest BCUT2D eigenvalue weighted by molar-refractivity contribution is 7.92. The average Bonchev–Trinajstić information content (AvgIpc) is 2.88. The number of benzene rings is 3. The minimum Gasteiger partial charge on any atom is -0.352 e. The summed E-state index contributed by atoms with van der Waals surface area (Å²) in [7, 11) is -4.23. The SMILES string of the molecule is CC[C@H](C(=O)NC(C)C)N(Cc1ccc(Cl)cc1)C(=O)CN(c1ccc(Cl)cc1Cl)S(=O)(=O)c1ccccc1. The van der Waals surface area contributed by atoms with Crippen molar-refractivity contribution < 1.29 is 18.0 Å². The quantitative estimate of drug-likeness (QED) is 0.281. The maximum Gasteiger partial charge on any atom is 0.264 e. The second-order valence-corrected chi connectivity index (χ2v) is 12.3. The van der Waals surface area contributed by atoms with Gasteiger partial charge in [-0.05, 0) is 68.3 Å². The molecule has 3 aromatic carbocycles. The molecule has 0 aliphatic carbocycles. The number of carbonyl (C=O) groups is 2. The third-order valence-corrected chi connectivity index (χ3v) is 8.44. The molecule has 0 saturated carbocycles. The van der Waals surface area contributed by atoms with Crippen LogP contribution in [-0.2, 0) is 26.2 Å². The summed E-state index contributed by atoms with van der Waals surface area (Å²) in [5.74, 6) is -0.918. The zero-order valence-electron chi connectivity index (χ0n) is 21.8. The van der Waals surface area contributed by atoms with Gasteiger partial charge in [-0.15, -0.1) is 0 Å². The van der Waals surface area contributed by atoms with Gasteiger partial charge >= 0.3 is 0 Å². The zero-order valence-corrected chi connectivity index (χ0v) is 24.9. The van der Waals surface area contributed by atoms with Gasteiger partial charge in [0.1, 0.15) is 12.6 Å². The predicted molar refractivity (Wildman–Crippen MR) is 157 cm³/mol. The molecule has 0 unspecified atom stereocenters. The molecule has 0 radical (unpaired) electrons. The lowest BCUT2D eigenvalue weighted by atomic mass is 10.1. The number of halogens is 3. The Morgan fingerprint density at radius 3 is 2.08 bits per heavy atom. The van der Waals surface area contributed by atoms with Gasteiger partial charge in [-0.2, -0.15) is 0 Å². The largest absolute Gasteiger partial charge is 0.352 e. The first-order chi connectivity index (χ1) is 18.4. The van der Waals surface area contributed by atoms with E-state index >= 15 is 0 Å².